The number of sulfonamides is 2. The maximum atomic E-state index is 13.0. The van der Waals surface area contributed by atoms with Crippen LogP contribution in [0.3, 0.4) is 0 Å². The molecular weight excluding hydrogens is 428 g/mol. The van der Waals surface area contributed by atoms with Crippen LogP contribution in [0.15, 0.2) is 69.1 Å². The van der Waals surface area contributed by atoms with E-state index < -0.39 is 20.0 Å². The lowest BCUT2D eigenvalue weighted by Crippen LogP contribution is -2.35. The largest absolute Gasteiger partial charge is 0.280 e. The van der Waals surface area contributed by atoms with Gasteiger partial charge < -0.3 is 0 Å². The van der Waals surface area contributed by atoms with Crippen LogP contribution in [-0.2, 0) is 26.5 Å². The van der Waals surface area contributed by atoms with Gasteiger partial charge in [0, 0.05) is 12.2 Å². The molecule has 0 aliphatic carbocycles. The molecule has 0 bridgehead atoms. The lowest BCUT2D eigenvalue weighted by atomic mass is 10.0. The molecule has 1 aliphatic rings. The van der Waals surface area contributed by atoms with Gasteiger partial charge in [0.25, 0.3) is 20.0 Å². The number of nitrogens with one attached hydrogen (secondary N) is 1. The number of thiophene rings is 1. The summed E-state index contributed by atoms with van der Waals surface area (Å²) in [6.45, 7) is 2.30. The van der Waals surface area contributed by atoms with Crippen molar-refractivity contribution >= 4 is 42.8 Å². The molecule has 1 N–H and O–H groups in total. The maximum Gasteiger partial charge on any atom is 0.273 e. The van der Waals surface area contributed by atoms with E-state index in [9.17, 15) is 16.8 Å². The van der Waals surface area contributed by atoms with Gasteiger partial charge in [-0.15, -0.1) is 11.3 Å². The fraction of sp³-hybridized carbons (Fsp3) is 0.200. The van der Waals surface area contributed by atoms with Crippen LogP contribution in [0.2, 0.25) is 0 Å². The van der Waals surface area contributed by atoms with Gasteiger partial charge in [-0.05, 0) is 67.1 Å². The molecule has 6 nitrogen and oxygen atoms in total. The average molecular weight is 449 g/mol. The first-order valence-electron chi connectivity index (χ1n) is 9.06. The predicted octanol–water partition coefficient (Wildman–Crippen LogP) is 4.00. The van der Waals surface area contributed by atoms with Gasteiger partial charge in [-0.3, -0.25) is 9.03 Å². The normalized spacial score (nSPS) is 14.4. The van der Waals surface area contributed by atoms with Crippen LogP contribution in [0.4, 0.5) is 11.4 Å². The van der Waals surface area contributed by atoms with Gasteiger partial charge in [-0.25, -0.2) is 16.8 Å². The summed E-state index contributed by atoms with van der Waals surface area (Å²) in [4.78, 5) is 0.183. The number of aryl methyl sites for hydroxylation is 2. The molecule has 152 valence electrons. The standard InChI is InChI=1S/C20H20N2O4S3/c1-15-6-9-18(10-7-15)28(23,24)21-17-8-11-19-16(14-17)4-2-12-22(19)29(25,26)20-5-3-13-27-20/h3,5-11,13-14,21H,2,4,12H2,1H3. The van der Waals surface area contributed by atoms with Gasteiger partial charge in [0.15, 0.2) is 0 Å². The van der Waals surface area contributed by atoms with Crippen LogP contribution >= 0.6 is 11.3 Å². The van der Waals surface area contributed by atoms with Crippen molar-refractivity contribution < 1.29 is 16.8 Å². The molecule has 2 aromatic carbocycles. The Kier molecular flexibility index (Phi) is 5.14. The zero-order valence-electron chi connectivity index (χ0n) is 15.7. The lowest BCUT2D eigenvalue weighted by molar-refractivity contribution is 0.588. The third-order valence-corrected chi connectivity index (χ3v) is 9.36. The minimum Gasteiger partial charge on any atom is -0.280 e. The Bertz CT molecular complexity index is 1230. The summed E-state index contributed by atoms with van der Waals surface area (Å²) < 4.78 is 55.5. The number of nitrogens with zero attached hydrogens (tertiary/aromatic N) is 1. The van der Waals surface area contributed by atoms with Crippen LogP contribution in [0.1, 0.15) is 17.5 Å². The van der Waals surface area contributed by atoms with Gasteiger partial charge in [-0.1, -0.05) is 23.8 Å². The summed E-state index contributed by atoms with van der Waals surface area (Å²) in [5, 5.41) is 1.74. The Morgan fingerprint density at radius 1 is 1.00 bits per heavy atom. The number of hydrogen-bond donors (Lipinski definition) is 1. The molecule has 3 aromatic rings. The molecular formula is C20H20N2O4S3. The molecule has 4 rings (SSSR count). The van der Waals surface area contributed by atoms with E-state index in [1.165, 1.54) is 15.6 Å². The van der Waals surface area contributed by atoms with E-state index in [0.29, 0.717) is 35.0 Å². The van der Waals surface area contributed by atoms with Crippen molar-refractivity contribution in [2.45, 2.75) is 28.9 Å². The molecule has 0 radical (unpaired) electrons. The molecule has 1 aliphatic heterocycles. The third-order valence-electron chi connectivity index (χ3n) is 4.78. The van der Waals surface area contributed by atoms with Crippen molar-refractivity contribution in [1.29, 1.82) is 0 Å². The van der Waals surface area contributed by atoms with Crippen LogP contribution in [0, 0.1) is 6.92 Å². The first-order valence-corrected chi connectivity index (χ1v) is 12.9. The Morgan fingerprint density at radius 2 is 1.76 bits per heavy atom. The van der Waals surface area contributed by atoms with E-state index in [1.54, 1.807) is 60.0 Å². The minimum absolute atomic E-state index is 0.183. The van der Waals surface area contributed by atoms with Crippen molar-refractivity contribution in [3.63, 3.8) is 0 Å². The van der Waals surface area contributed by atoms with Gasteiger partial charge in [0.05, 0.1) is 10.6 Å². The first kappa shape index (κ1) is 19.9. The van der Waals surface area contributed by atoms with E-state index >= 15 is 0 Å². The Morgan fingerprint density at radius 3 is 2.45 bits per heavy atom. The maximum absolute atomic E-state index is 13.0. The van der Waals surface area contributed by atoms with E-state index in [1.807, 2.05) is 6.92 Å². The Labute approximate surface area is 174 Å². The second kappa shape index (κ2) is 7.47. The average Bonchev–Trinajstić information content (AvgIpc) is 3.23. The van der Waals surface area contributed by atoms with Crippen molar-refractivity contribution in [3.05, 3.63) is 71.1 Å². The van der Waals surface area contributed by atoms with Crippen LogP contribution in [-0.4, -0.2) is 23.4 Å². The molecule has 0 unspecified atom stereocenters. The number of benzene rings is 2. The summed E-state index contributed by atoms with van der Waals surface area (Å²) in [5.41, 5.74) is 2.80. The highest BCUT2D eigenvalue weighted by molar-refractivity contribution is 7.94. The fourth-order valence-corrected chi connectivity index (χ4v) is 7.02. The molecule has 0 spiro atoms. The highest BCUT2D eigenvalue weighted by Gasteiger charge is 2.30. The highest BCUT2D eigenvalue weighted by atomic mass is 32.2. The summed E-state index contributed by atoms with van der Waals surface area (Å²) in [6, 6.07) is 14.9. The number of rotatable bonds is 5. The quantitative estimate of drug-likeness (QED) is 0.639. The topological polar surface area (TPSA) is 83.6 Å². The van der Waals surface area contributed by atoms with E-state index in [0.717, 1.165) is 11.1 Å². The fourth-order valence-electron chi connectivity index (χ4n) is 3.33. The molecule has 29 heavy (non-hydrogen) atoms. The number of fused-ring (bicyclic) bond motifs is 1. The first-order chi connectivity index (χ1) is 13.8. The zero-order valence-corrected chi connectivity index (χ0v) is 18.1. The molecule has 0 fully saturated rings. The Hall–Kier alpha value is -2.36. The summed E-state index contributed by atoms with van der Waals surface area (Å²) in [7, 11) is -7.33. The second-order valence-electron chi connectivity index (χ2n) is 6.87. The van der Waals surface area contributed by atoms with Gasteiger partial charge in [-0.2, -0.15) is 0 Å². The van der Waals surface area contributed by atoms with Crippen LogP contribution in [0.5, 0.6) is 0 Å². The molecule has 0 amide bonds. The number of anilines is 2. The van der Waals surface area contributed by atoms with E-state index in [-0.39, 0.29) is 4.90 Å². The van der Waals surface area contributed by atoms with Crippen molar-refractivity contribution in [2.75, 3.05) is 15.6 Å². The molecule has 2 heterocycles. The van der Waals surface area contributed by atoms with E-state index in [2.05, 4.69) is 4.72 Å². The molecule has 0 saturated carbocycles. The predicted molar refractivity (Wildman–Crippen MR) is 116 cm³/mol. The lowest BCUT2D eigenvalue weighted by Gasteiger charge is -2.30. The highest BCUT2D eigenvalue weighted by Crippen LogP contribution is 2.35. The number of hydrogen-bond acceptors (Lipinski definition) is 5. The third kappa shape index (κ3) is 3.90. The molecule has 0 saturated heterocycles. The molecule has 9 heteroatoms. The van der Waals surface area contributed by atoms with Gasteiger partial charge in [0.1, 0.15) is 4.21 Å². The Balaban J connectivity index is 1.65. The van der Waals surface area contributed by atoms with Crippen LogP contribution in [0.25, 0.3) is 0 Å². The molecule has 0 atom stereocenters. The smallest absolute Gasteiger partial charge is 0.273 e. The van der Waals surface area contributed by atoms with Gasteiger partial charge in [0.2, 0.25) is 0 Å². The van der Waals surface area contributed by atoms with Crippen molar-refractivity contribution in [3.8, 4) is 0 Å². The second-order valence-corrected chi connectivity index (χ2v) is 11.6. The zero-order chi connectivity index (χ0) is 20.6. The van der Waals surface area contributed by atoms with Crippen molar-refractivity contribution in [2.24, 2.45) is 0 Å². The summed E-state index contributed by atoms with van der Waals surface area (Å²) in [6.07, 6.45) is 1.36. The summed E-state index contributed by atoms with van der Waals surface area (Å²) in [5.74, 6) is 0. The summed E-state index contributed by atoms with van der Waals surface area (Å²) >= 11 is 1.19. The van der Waals surface area contributed by atoms with Crippen LogP contribution < -0.4 is 9.03 Å². The monoisotopic (exact) mass is 448 g/mol. The van der Waals surface area contributed by atoms with Gasteiger partial charge >= 0.3 is 0 Å². The van der Waals surface area contributed by atoms with E-state index in [4.69, 9.17) is 0 Å². The SMILES string of the molecule is Cc1ccc(S(=O)(=O)Nc2ccc3c(c2)CCCN3S(=O)(=O)c2cccs2)cc1. The minimum atomic E-state index is -3.71. The van der Waals surface area contributed by atoms with Crippen molar-refractivity contribution in [1.82, 2.24) is 0 Å². The molecule has 1 aromatic heterocycles.